The normalized spacial score (nSPS) is 14.3. The summed E-state index contributed by atoms with van der Waals surface area (Å²) in [6.45, 7) is 1.93. The number of hydrogen-bond donors (Lipinski definition) is 2. The van der Waals surface area contributed by atoms with E-state index in [1.165, 1.54) is 17.8 Å². The molecule has 19 heavy (non-hydrogen) atoms. The maximum absolute atomic E-state index is 11.6. The highest BCUT2D eigenvalue weighted by Crippen LogP contribution is 2.11. The van der Waals surface area contributed by atoms with E-state index in [1.54, 1.807) is 25.1 Å². The Labute approximate surface area is 123 Å². The highest BCUT2D eigenvalue weighted by Gasteiger charge is 2.19. The summed E-state index contributed by atoms with van der Waals surface area (Å²) in [6.07, 6.45) is 5.06. The average molecular weight is 300 g/mol. The number of nitrogens with one attached hydrogen (secondary N) is 1. The first-order valence-electron chi connectivity index (χ1n) is 5.86. The van der Waals surface area contributed by atoms with Crippen molar-refractivity contribution in [2.45, 2.75) is 12.5 Å². The highest BCUT2D eigenvalue weighted by molar-refractivity contribution is 7.98. The quantitative estimate of drug-likeness (QED) is 0.794. The van der Waals surface area contributed by atoms with Crippen molar-refractivity contribution in [3.63, 3.8) is 0 Å². The van der Waals surface area contributed by atoms with Gasteiger partial charge in [0.1, 0.15) is 0 Å². The van der Waals surface area contributed by atoms with Crippen LogP contribution >= 0.6 is 23.4 Å². The van der Waals surface area contributed by atoms with Crippen molar-refractivity contribution in [3.05, 3.63) is 40.9 Å². The summed E-state index contributed by atoms with van der Waals surface area (Å²) in [7, 11) is 0. The molecule has 0 unspecified atom stereocenters. The Morgan fingerprint density at radius 2 is 2.11 bits per heavy atom. The molecule has 0 aromatic heterocycles. The van der Waals surface area contributed by atoms with Gasteiger partial charge in [-0.05, 0) is 37.0 Å². The zero-order chi connectivity index (χ0) is 14.3. The largest absolute Gasteiger partial charge is 0.387 e. The van der Waals surface area contributed by atoms with Crippen LogP contribution in [0.5, 0.6) is 0 Å². The molecular weight excluding hydrogens is 282 g/mol. The second-order valence-corrected chi connectivity index (χ2v) is 5.84. The van der Waals surface area contributed by atoms with Crippen molar-refractivity contribution in [2.75, 3.05) is 18.6 Å². The van der Waals surface area contributed by atoms with Crippen molar-refractivity contribution in [1.82, 2.24) is 5.32 Å². The Balaban J connectivity index is 2.45. The Bertz CT molecular complexity index is 443. The van der Waals surface area contributed by atoms with Gasteiger partial charge in [0.2, 0.25) is 5.91 Å². The van der Waals surface area contributed by atoms with Gasteiger partial charge >= 0.3 is 0 Å². The number of amides is 1. The lowest BCUT2D eigenvalue weighted by Gasteiger charge is -2.21. The van der Waals surface area contributed by atoms with Crippen LogP contribution in [0.1, 0.15) is 12.5 Å². The van der Waals surface area contributed by atoms with Gasteiger partial charge in [-0.25, -0.2) is 0 Å². The first kappa shape index (κ1) is 16.1. The number of benzene rings is 1. The number of carbonyl (C=O) groups excluding carboxylic acids is 1. The molecule has 1 rings (SSSR count). The lowest BCUT2D eigenvalue weighted by atomic mass is 10.1. The number of rotatable bonds is 6. The van der Waals surface area contributed by atoms with Crippen LogP contribution in [0.4, 0.5) is 0 Å². The van der Waals surface area contributed by atoms with Crippen LogP contribution in [0, 0.1) is 0 Å². The minimum absolute atomic E-state index is 0.226. The molecule has 0 aliphatic rings. The summed E-state index contributed by atoms with van der Waals surface area (Å²) in [5.74, 6) is 0.352. The molecule has 3 nitrogen and oxygen atoms in total. The highest BCUT2D eigenvalue weighted by atomic mass is 35.5. The smallest absolute Gasteiger partial charge is 0.244 e. The lowest BCUT2D eigenvalue weighted by molar-refractivity contribution is -0.117. The third-order valence-electron chi connectivity index (χ3n) is 2.40. The minimum atomic E-state index is -0.886. The van der Waals surface area contributed by atoms with Gasteiger partial charge in [-0.2, -0.15) is 11.8 Å². The molecule has 2 N–H and O–H groups in total. The van der Waals surface area contributed by atoms with Gasteiger partial charge < -0.3 is 10.4 Å². The first-order chi connectivity index (χ1) is 8.93. The van der Waals surface area contributed by atoms with Crippen molar-refractivity contribution < 1.29 is 9.90 Å². The van der Waals surface area contributed by atoms with Gasteiger partial charge in [0.25, 0.3) is 0 Å². The molecule has 1 aromatic rings. The van der Waals surface area contributed by atoms with Crippen LogP contribution in [-0.4, -0.2) is 35.2 Å². The first-order valence-corrected chi connectivity index (χ1v) is 7.63. The van der Waals surface area contributed by atoms with E-state index in [2.05, 4.69) is 5.32 Å². The molecular formula is C14H18ClNO2S. The van der Waals surface area contributed by atoms with Crippen LogP contribution in [0.2, 0.25) is 5.02 Å². The molecule has 0 radical (unpaired) electrons. The minimum Gasteiger partial charge on any atom is -0.387 e. The van der Waals surface area contributed by atoms with E-state index < -0.39 is 5.60 Å². The molecule has 1 atom stereocenters. The third kappa shape index (κ3) is 6.66. The Morgan fingerprint density at radius 1 is 1.47 bits per heavy atom. The Hall–Kier alpha value is -0.970. The topological polar surface area (TPSA) is 49.3 Å². The number of carbonyl (C=O) groups is 1. The van der Waals surface area contributed by atoms with E-state index in [0.29, 0.717) is 10.8 Å². The predicted octanol–water partition coefficient (Wildman–Crippen LogP) is 2.58. The molecule has 0 bridgehead atoms. The molecule has 0 spiro atoms. The summed E-state index contributed by atoms with van der Waals surface area (Å²) < 4.78 is 0. The second kappa shape index (κ2) is 7.58. The van der Waals surface area contributed by atoms with Crippen molar-refractivity contribution in [1.29, 1.82) is 0 Å². The monoisotopic (exact) mass is 299 g/mol. The molecule has 0 aliphatic heterocycles. The van der Waals surface area contributed by atoms with Crippen LogP contribution in [-0.2, 0) is 4.79 Å². The van der Waals surface area contributed by atoms with Crippen LogP contribution < -0.4 is 5.32 Å². The number of thioether (sulfide) groups is 1. The number of hydrogen-bond acceptors (Lipinski definition) is 3. The molecule has 0 aliphatic carbocycles. The molecule has 0 heterocycles. The third-order valence-corrected chi connectivity index (χ3v) is 3.56. The summed E-state index contributed by atoms with van der Waals surface area (Å²) in [4.78, 5) is 11.6. The fourth-order valence-corrected chi connectivity index (χ4v) is 2.29. The zero-order valence-electron chi connectivity index (χ0n) is 11.0. The molecule has 0 saturated carbocycles. The molecule has 5 heteroatoms. The molecule has 104 valence electrons. The Morgan fingerprint density at radius 3 is 2.68 bits per heavy atom. The summed E-state index contributed by atoms with van der Waals surface area (Å²) >= 11 is 7.31. The molecule has 0 fully saturated rings. The van der Waals surface area contributed by atoms with Gasteiger partial charge in [0.15, 0.2) is 0 Å². The average Bonchev–Trinajstić information content (AvgIpc) is 2.36. The van der Waals surface area contributed by atoms with Crippen molar-refractivity contribution >= 4 is 35.3 Å². The van der Waals surface area contributed by atoms with E-state index >= 15 is 0 Å². The van der Waals surface area contributed by atoms with E-state index in [0.717, 1.165) is 5.56 Å². The summed E-state index contributed by atoms with van der Waals surface area (Å²) in [5.41, 5.74) is 0.0128. The maximum atomic E-state index is 11.6. The van der Waals surface area contributed by atoms with E-state index in [1.807, 2.05) is 18.4 Å². The van der Waals surface area contributed by atoms with Crippen molar-refractivity contribution in [2.24, 2.45) is 0 Å². The van der Waals surface area contributed by atoms with Crippen molar-refractivity contribution in [3.8, 4) is 0 Å². The standard InChI is InChI=1S/C14H18ClNO2S/c1-14(18,10-19-2)9-16-13(17)8-5-11-3-6-12(15)7-4-11/h3-8,18H,9-10H2,1-2H3,(H,16,17)/b8-5-/t14-/m1/s1. The predicted molar refractivity (Wildman–Crippen MR) is 82.5 cm³/mol. The van der Waals surface area contributed by atoms with Gasteiger partial charge in [0, 0.05) is 23.4 Å². The number of aliphatic hydroxyl groups is 1. The van der Waals surface area contributed by atoms with E-state index in [4.69, 9.17) is 11.6 Å². The zero-order valence-corrected chi connectivity index (χ0v) is 12.6. The van der Waals surface area contributed by atoms with Gasteiger partial charge in [-0.3, -0.25) is 4.79 Å². The van der Waals surface area contributed by atoms with E-state index in [-0.39, 0.29) is 12.5 Å². The SMILES string of the molecule is CSC[C@](C)(O)CNC(=O)/C=C\c1ccc(Cl)cc1. The van der Waals surface area contributed by atoms with Gasteiger partial charge in [-0.1, -0.05) is 23.7 Å². The van der Waals surface area contributed by atoms with E-state index in [9.17, 15) is 9.90 Å². The summed E-state index contributed by atoms with van der Waals surface area (Å²) in [5, 5.41) is 13.2. The maximum Gasteiger partial charge on any atom is 0.244 e. The Kier molecular flexibility index (Phi) is 6.42. The lowest BCUT2D eigenvalue weighted by Crippen LogP contribution is -2.41. The van der Waals surface area contributed by atoms with Crippen LogP contribution in [0.25, 0.3) is 6.08 Å². The molecule has 1 aromatic carbocycles. The van der Waals surface area contributed by atoms with Crippen LogP contribution in [0.3, 0.4) is 0 Å². The second-order valence-electron chi connectivity index (χ2n) is 4.53. The van der Waals surface area contributed by atoms with Gasteiger partial charge in [0.05, 0.1) is 5.60 Å². The van der Waals surface area contributed by atoms with Crippen LogP contribution in [0.15, 0.2) is 30.3 Å². The van der Waals surface area contributed by atoms with Gasteiger partial charge in [-0.15, -0.1) is 0 Å². The summed E-state index contributed by atoms with van der Waals surface area (Å²) in [6, 6.07) is 7.19. The molecule has 1 amide bonds. The number of halogens is 1. The fraction of sp³-hybridized carbons (Fsp3) is 0.357. The molecule has 0 saturated heterocycles. The fourth-order valence-electron chi connectivity index (χ4n) is 1.44.